The van der Waals surface area contributed by atoms with Crippen LogP contribution in [0.15, 0.2) is 35.4 Å². The maximum Gasteiger partial charge on any atom is 0.419 e. The molecule has 152 valence electrons. The van der Waals surface area contributed by atoms with Gasteiger partial charge in [0, 0.05) is 0 Å². The van der Waals surface area contributed by atoms with Crippen LogP contribution in [0.3, 0.4) is 0 Å². The molecule has 1 N–H and O–H groups in total. The highest BCUT2D eigenvalue weighted by Gasteiger charge is 2.36. The number of hydrogen-bond donors (Lipinski definition) is 0. The molecule has 0 atom stereocenters. The molecule has 1 aromatic carbocycles. The monoisotopic (exact) mass is 434 g/mol. The van der Waals surface area contributed by atoms with Crippen LogP contribution in [0.2, 0.25) is 5.02 Å². The number of aromatic nitrogens is 1. The Morgan fingerprint density at radius 1 is 1.07 bits per heavy atom. The number of piperazine rings is 1. The summed E-state index contributed by atoms with van der Waals surface area (Å²) in [6.45, 7) is 4.69. The van der Waals surface area contributed by atoms with Gasteiger partial charge in [-0.3, -0.25) is 4.90 Å². The maximum atomic E-state index is 12.9. The van der Waals surface area contributed by atoms with E-state index in [0.717, 1.165) is 17.8 Å². The number of H-pyrrole nitrogens is 1. The Kier molecular flexibility index (Phi) is 5.62. The molecule has 0 unspecified atom stereocenters. The van der Waals surface area contributed by atoms with Gasteiger partial charge >= 0.3 is 6.18 Å². The number of benzene rings is 1. The molecule has 3 rings (SSSR count). The van der Waals surface area contributed by atoms with Gasteiger partial charge in [0.25, 0.3) is 5.82 Å². The Morgan fingerprint density at radius 2 is 1.71 bits per heavy atom. The Bertz CT molecular complexity index is 988. The molecule has 1 aliphatic rings. The van der Waals surface area contributed by atoms with Crippen molar-refractivity contribution in [1.29, 1.82) is 0 Å². The molecule has 2 aromatic rings. The smallest absolute Gasteiger partial charge is 0.258 e. The van der Waals surface area contributed by atoms with Gasteiger partial charge in [0.2, 0.25) is 10.0 Å². The first-order valence-corrected chi connectivity index (χ1v) is 10.4. The summed E-state index contributed by atoms with van der Waals surface area (Å²) < 4.78 is 65.6. The van der Waals surface area contributed by atoms with E-state index in [4.69, 9.17) is 11.6 Å². The lowest BCUT2D eigenvalue weighted by molar-refractivity contribution is -0.367. The normalized spacial score (nSPS) is 16.4. The van der Waals surface area contributed by atoms with E-state index in [1.165, 1.54) is 4.31 Å². The minimum atomic E-state index is -4.49. The van der Waals surface area contributed by atoms with Crippen LogP contribution in [-0.4, -0.2) is 38.9 Å². The summed E-state index contributed by atoms with van der Waals surface area (Å²) in [5.74, 6) is 0.346. The quantitative estimate of drug-likeness (QED) is 0.744. The zero-order valence-electron chi connectivity index (χ0n) is 15.3. The fraction of sp³-hybridized carbons (Fsp3) is 0.389. The van der Waals surface area contributed by atoms with Crippen LogP contribution in [0.5, 0.6) is 0 Å². The van der Waals surface area contributed by atoms with E-state index in [1.54, 1.807) is 24.0 Å². The van der Waals surface area contributed by atoms with E-state index >= 15 is 0 Å². The molecule has 0 radical (unpaired) electrons. The molecule has 2 heterocycles. The van der Waals surface area contributed by atoms with Crippen molar-refractivity contribution >= 4 is 27.4 Å². The van der Waals surface area contributed by atoms with Gasteiger partial charge in [0.05, 0.1) is 36.6 Å². The summed E-state index contributed by atoms with van der Waals surface area (Å²) in [6, 6.07) is 6.05. The zero-order chi connectivity index (χ0) is 20.7. The Balaban J connectivity index is 1.76. The summed E-state index contributed by atoms with van der Waals surface area (Å²) in [5.41, 5.74) is 0.799. The van der Waals surface area contributed by atoms with Gasteiger partial charge in [-0.15, -0.1) is 0 Å². The third kappa shape index (κ3) is 4.11. The number of aryl methyl sites for hydroxylation is 2. The third-order valence-corrected chi connectivity index (χ3v) is 7.05. The first kappa shape index (κ1) is 20.9. The predicted molar refractivity (Wildman–Crippen MR) is 99.9 cm³/mol. The number of sulfonamides is 1. The zero-order valence-corrected chi connectivity index (χ0v) is 16.9. The fourth-order valence-corrected chi connectivity index (χ4v) is 5.17. The third-order valence-electron chi connectivity index (χ3n) is 4.70. The van der Waals surface area contributed by atoms with E-state index in [1.807, 2.05) is 13.0 Å². The van der Waals surface area contributed by atoms with Gasteiger partial charge in [-0.25, -0.2) is 13.4 Å². The van der Waals surface area contributed by atoms with Gasteiger partial charge in [-0.2, -0.15) is 17.5 Å². The minimum absolute atomic E-state index is 0.0551. The van der Waals surface area contributed by atoms with Gasteiger partial charge < -0.3 is 0 Å². The van der Waals surface area contributed by atoms with Crippen LogP contribution >= 0.6 is 11.6 Å². The highest BCUT2D eigenvalue weighted by atomic mass is 35.5. The van der Waals surface area contributed by atoms with E-state index in [-0.39, 0.29) is 23.0 Å². The van der Waals surface area contributed by atoms with Crippen LogP contribution in [0.4, 0.5) is 19.0 Å². The van der Waals surface area contributed by atoms with Crippen molar-refractivity contribution in [2.45, 2.75) is 24.9 Å². The number of anilines is 1. The SMILES string of the molecule is Cc1ccc(S(=O)(=O)N2CCN(c3[nH+]cc(C(F)(F)F)cc3Cl)CC2)c(C)c1. The molecular weight excluding hydrogens is 415 g/mol. The molecule has 5 nitrogen and oxygen atoms in total. The first-order valence-electron chi connectivity index (χ1n) is 8.61. The van der Waals surface area contributed by atoms with Gasteiger partial charge in [0.15, 0.2) is 0 Å². The molecular formula is C18H20ClF3N3O2S+. The van der Waals surface area contributed by atoms with Crippen molar-refractivity contribution in [3.8, 4) is 0 Å². The van der Waals surface area contributed by atoms with Crippen molar-refractivity contribution in [2.24, 2.45) is 0 Å². The molecule has 0 amide bonds. The summed E-state index contributed by atoms with van der Waals surface area (Å²) in [4.78, 5) is 4.60. The van der Waals surface area contributed by atoms with E-state index < -0.39 is 21.8 Å². The second-order valence-electron chi connectivity index (χ2n) is 6.74. The molecule has 10 heteroatoms. The topological polar surface area (TPSA) is 54.8 Å². The Hall–Kier alpha value is -1.84. The van der Waals surface area contributed by atoms with Crippen LogP contribution < -0.4 is 9.88 Å². The number of rotatable bonds is 3. The molecule has 1 aliphatic heterocycles. The van der Waals surface area contributed by atoms with Crippen molar-refractivity contribution < 1.29 is 26.6 Å². The van der Waals surface area contributed by atoms with Gasteiger partial charge in [-0.1, -0.05) is 29.3 Å². The minimum Gasteiger partial charge on any atom is -0.258 e. The number of nitrogens with one attached hydrogen (secondary N) is 1. The van der Waals surface area contributed by atoms with Gasteiger partial charge in [-0.05, 0) is 31.5 Å². The molecule has 1 aromatic heterocycles. The number of alkyl halides is 3. The molecule has 1 fully saturated rings. The average molecular weight is 435 g/mol. The second-order valence-corrected chi connectivity index (χ2v) is 9.06. The van der Waals surface area contributed by atoms with Crippen LogP contribution in [0.1, 0.15) is 16.7 Å². The fourth-order valence-electron chi connectivity index (χ4n) is 3.25. The largest absolute Gasteiger partial charge is 0.419 e. The Morgan fingerprint density at radius 3 is 2.25 bits per heavy atom. The van der Waals surface area contributed by atoms with Gasteiger partial charge in [0.1, 0.15) is 11.2 Å². The lowest BCUT2D eigenvalue weighted by Crippen LogP contribution is -2.50. The van der Waals surface area contributed by atoms with Crippen LogP contribution in [0.25, 0.3) is 0 Å². The molecule has 0 aliphatic carbocycles. The van der Waals surface area contributed by atoms with Crippen LogP contribution in [-0.2, 0) is 16.2 Å². The van der Waals surface area contributed by atoms with Crippen molar-refractivity contribution in [3.63, 3.8) is 0 Å². The number of halogens is 4. The standard InChI is InChI=1S/C18H19ClF3N3O2S/c1-12-3-4-16(13(2)9-12)28(26,27)25-7-5-24(6-8-25)17-15(19)10-14(11-23-17)18(20,21)22/h3-4,9-11H,5-8H2,1-2H3/p+1. The molecule has 28 heavy (non-hydrogen) atoms. The lowest BCUT2D eigenvalue weighted by atomic mass is 10.2. The van der Waals surface area contributed by atoms with E-state index in [0.29, 0.717) is 24.5 Å². The van der Waals surface area contributed by atoms with E-state index in [9.17, 15) is 21.6 Å². The molecule has 1 saturated heterocycles. The summed E-state index contributed by atoms with van der Waals surface area (Å²) in [5, 5.41) is -0.0551. The van der Waals surface area contributed by atoms with Crippen molar-refractivity contribution in [3.05, 3.63) is 52.2 Å². The van der Waals surface area contributed by atoms with Crippen molar-refractivity contribution in [1.82, 2.24) is 4.31 Å². The number of nitrogens with zero attached hydrogens (tertiary/aromatic N) is 2. The predicted octanol–water partition coefficient (Wildman–Crippen LogP) is 3.30. The maximum absolute atomic E-state index is 12.9. The van der Waals surface area contributed by atoms with Crippen molar-refractivity contribution in [2.75, 3.05) is 31.1 Å². The summed E-state index contributed by atoms with van der Waals surface area (Å²) >= 11 is 6.02. The molecule has 0 spiro atoms. The number of pyridine rings is 1. The highest BCUT2D eigenvalue weighted by molar-refractivity contribution is 7.89. The van der Waals surface area contributed by atoms with Crippen LogP contribution in [0, 0.1) is 13.8 Å². The number of aromatic amines is 1. The first-order chi connectivity index (χ1) is 13.0. The Labute approximate surface area is 166 Å². The average Bonchev–Trinajstić information content (AvgIpc) is 2.60. The molecule has 0 bridgehead atoms. The second kappa shape index (κ2) is 7.53. The number of hydrogen-bond acceptors (Lipinski definition) is 3. The lowest BCUT2D eigenvalue weighted by Gasteiger charge is -2.31. The summed E-state index contributed by atoms with van der Waals surface area (Å²) in [7, 11) is -3.64. The highest BCUT2D eigenvalue weighted by Crippen LogP contribution is 2.32. The summed E-state index contributed by atoms with van der Waals surface area (Å²) in [6.07, 6.45) is -3.63. The molecule has 0 saturated carbocycles. The van der Waals surface area contributed by atoms with E-state index in [2.05, 4.69) is 4.98 Å².